The van der Waals surface area contributed by atoms with E-state index in [4.69, 9.17) is 23.8 Å². The van der Waals surface area contributed by atoms with Crippen molar-refractivity contribution in [3.05, 3.63) is 55.6 Å². The lowest BCUT2D eigenvalue weighted by atomic mass is 10.2. The van der Waals surface area contributed by atoms with Crippen LogP contribution in [0.4, 0.5) is 4.39 Å². The molecule has 0 aliphatic heterocycles. The maximum Gasteiger partial charge on any atom is 0.182 e. The molecule has 0 radical (unpaired) electrons. The number of rotatable bonds is 1. The van der Waals surface area contributed by atoms with E-state index in [-0.39, 0.29) is 5.82 Å². The Bertz CT molecular complexity index is 823. The van der Waals surface area contributed by atoms with E-state index in [9.17, 15) is 4.39 Å². The number of imidazole rings is 1. The van der Waals surface area contributed by atoms with E-state index in [1.165, 1.54) is 6.07 Å². The molecule has 0 saturated heterocycles. The highest BCUT2D eigenvalue weighted by Crippen LogP contribution is 2.24. The van der Waals surface area contributed by atoms with Crippen LogP contribution in [-0.4, -0.2) is 9.55 Å². The third-order valence-corrected chi connectivity index (χ3v) is 4.17. The van der Waals surface area contributed by atoms with Crippen molar-refractivity contribution in [2.45, 2.75) is 0 Å². The van der Waals surface area contributed by atoms with Crippen LogP contribution in [0.25, 0.3) is 16.7 Å². The highest BCUT2D eigenvalue weighted by atomic mass is 127. The van der Waals surface area contributed by atoms with Gasteiger partial charge in [0.25, 0.3) is 0 Å². The zero-order valence-electron chi connectivity index (χ0n) is 9.45. The van der Waals surface area contributed by atoms with E-state index in [2.05, 4.69) is 4.98 Å². The largest absolute Gasteiger partial charge is 0.330 e. The van der Waals surface area contributed by atoms with Crippen LogP contribution in [0.3, 0.4) is 0 Å². The van der Waals surface area contributed by atoms with Gasteiger partial charge in [-0.3, -0.25) is 4.57 Å². The van der Waals surface area contributed by atoms with Crippen molar-refractivity contribution in [2.24, 2.45) is 0 Å². The lowest BCUT2D eigenvalue weighted by Gasteiger charge is -2.05. The van der Waals surface area contributed by atoms with Crippen LogP contribution >= 0.6 is 46.4 Å². The number of hydrogen-bond donors (Lipinski definition) is 1. The molecule has 1 N–H and O–H groups in total. The molecule has 6 heteroatoms. The van der Waals surface area contributed by atoms with Gasteiger partial charge in [-0.05, 0) is 65.1 Å². The molecule has 96 valence electrons. The molecule has 0 bridgehead atoms. The number of fused-ring (bicyclic) bond motifs is 1. The van der Waals surface area contributed by atoms with Gasteiger partial charge in [-0.1, -0.05) is 11.6 Å². The number of nitrogens with zero attached hydrogens (tertiary/aromatic N) is 1. The van der Waals surface area contributed by atoms with Crippen LogP contribution in [-0.2, 0) is 0 Å². The summed E-state index contributed by atoms with van der Waals surface area (Å²) in [6.45, 7) is 0. The van der Waals surface area contributed by atoms with Gasteiger partial charge < -0.3 is 4.98 Å². The summed E-state index contributed by atoms with van der Waals surface area (Å²) in [5.41, 5.74) is 2.37. The van der Waals surface area contributed by atoms with Crippen molar-refractivity contribution < 1.29 is 4.39 Å². The SMILES string of the molecule is Fc1cc2c(cc1I)[nH]c(=S)n2-c1ccc(Cl)cc1. The molecule has 2 aromatic carbocycles. The van der Waals surface area contributed by atoms with E-state index in [1.54, 1.807) is 22.8 Å². The molecule has 0 unspecified atom stereocenters. The third kappa shape index (κ3) is 2.30. The zero-order valence-corrected chi connectivity index (χ0v) is 13.2. The molecule has 0 aliphatic carbocycles. The molecule has 3 aromatic rings. The number of nitrogens with one attached hydrogen (secondary N) is 1. The van der Waals surface area contributed by atoms with Gasteiger partial charge in [0.15, 0.2) is 4.77 Å². The first-order valence-corrected chi connectivity index (χ1v) is 7.28. The van der Waals surface area contributed by atoms with E-state index >= 15 is 0 Å². The Balaban J connectivity index is 2.34. The van der Waals surface area contributed by atoms with Gasteiger partial charge in [-0.15, -0.1) is 0 Å². The minimum absolute atomic E-state index is 0.259. The summed E-state index contributed by atoms with van der Waals surface area (Å²) in [5.74, 6) is -0.259. The Labute approximate surface area is 132 Å². The Kier molecular flexibility index (Phi) is 3.36. The van der Waals surface area contributed by atoms with Gasteiger partial charge in [0.05, 0.1) is 14.6 Å². The summed E-state index contributed by atoms with van der Waals surface area (Å²) >= 11 is 13.1. The monoisotopic (exact) mass is 404 g/mol. The summed E-state index contributed by atoms with van der Waals surface area (Å²) < 4.78 is 16.6. The maximum atomic E-state index is 13.7. The maximum absolute atomic E-state index is 13.7. The number of hydrogen-bond acceptors (Lipinski definition) is 1. The quantitative estimate of drug-likeness (QED) is 0.443. The second kappa shape index (κ2) is 4.88. The van der Waals surface area contributed by atoms with E-state index < -0.39 is 0 Å². The lowest BCUT2D eigenvalue weighted by Crippen LogP contribution is -1.94. The number of aromatic amines is 1. The highest BCUT2D eigenvalue weighted by Gasteiger charge is 2.10. The fourth-order valence-electron chi connectivity index (χ4n) is 1.95. The first kappa shape index (κ1) is 13.1. The van der Waals surface area contributed by atoms with Crippen LogP contribution in [0.5, 0.6) is 0 Å². The fourth-order valence-corrected chi connectivity index (χ4v) is 2.86. The summed E-state index contributed by atoms with van der Waals surface area (Å²) in [6, 6.07) is 10.5. The molecule has 0 atom stereocenters. The van der Waals surface area contributed by atoms with E-state index in [1.807, 2.05) is 34.7 Å². The van der Waals surface area contributed by atoms with Gasteiger partial charge >= 0.3 is 0 Å². The van der Waals surface area contributed by atoms with Crippen LogP contribution in [0, 0.1) is 14.2 Å². The van der Waals surface area contributed by atoms with Crippen molar-refractivity contribution in [3.8, 4) is 5.69 Å². The molecule has 0 amide bonds. The number of H-pyrrole nitrogens is 1. The highest BCUT2D eigenvalue weighted by molar-refractivity contribution is 14.1. The molecule has 0 fully saturated rings. The first-order valence-electron chi connectivity index (χ1n) is 5.42. The normalized spacial score (nSPS) is 11.1. The second-order valence-electron chi connectivity index (χ2n) is 4.03. The van der Waals surface area contributed by atoms with Gasteiger partial charge in [0.2, 0.25) is 0 Å². The Hall–Kier alpha value is -0.920. The molecule has 0 aliphatic rings. The van der Waals surface area contributed by atoms with Crippen molar-refractivity contribution in [1.29, 1.82) is 0 Å². The van der Waals surface area contributed by atoms with E-state index in [0.29, 0.717) is 18.9 Å². The zero-order chi connectivity index (χ0) is 13.6. The smallest absolute Gasteiger partial charge is 0.182 e. The standard InChI is InChI=1S/C13H7ClFIN2S/c14-7-1-3-8(4-2-7)18-12-5-9(15)10(16)6-11(12)17-13(18)19/h1-6H,(H,17,19). The molecule has 1 heterocycles. The van der Waals surface area contributed by atoms with Crippen molar-refractivity contribution >= 4 is 57.4 Å². The van der Waals surface area contributed by atoms with Crippen LogP contribution in [0.1, 0.15) is 0 Å². The van der Waals surface area contributed by atoms with Crippen molar-refractivity contribution in [2.75, 3.05) is 0 Å². The van der Waals surface area contributed by atoms with Crippen LogP contribution < -0.4 is 0 Å². The average Bonchev–Trinajstić information content (AvgIpc) is 2.67. The predicted octanol–water partition coefficient (Wildman–Crippen LogP) is 5.09. The molecule has 0 saturated carbocycles. The van der Waals surface area contributed by atoms with Gasteiger partial charge in [-0.2, -0.15) is 0 Å². The summed E-state index contributed by atoms with van der Waals surface area (Å²) in [7, 11) is 0. The Morgan fingerprint density at radius 2 is 1.89 bits per heavy atom. The number of aromatic nitrogens is 2. The van der Waals surface area contributed by atoms with E-state index in [0.717, 1.165) is 11.2 Å². The molecule has 3 rings (SSSR count). The minimum atomic E-state index is -0.259. The van der Waals surface area contributed by atoms with Gasteiger partial charge in [0.1, 0.15) is 5.82 Å². The Morgan fingerprint density at radius 3 is 2.58 bits per heavy atom. The second-order valence-corrected chi connectivity index (χ2v) is 6.01. The van der Waals surface area contributed by atoms with Crippen LogP contribution in [0.2, 0.25) is 5.02 Å². The summed E-state index contributed by atoms with van der Waals surface area (Å²) in [5, 5.41) is 0.649. The fraction of sp³-hybridized carbons (Fsp3) is 0. The van der Waals surface area contributed by atoms with Crippen molar-refractivity contribution in [1.82, 2.24) is 9.55 Å². The summed E-state index contributed by atoms with van der Waals surface area (Å²) in [4.78, 5) is 3.08. The topological polar surface area (TPSA) is 20.7 Å². The molecular weight excluding hydrogens is 398 g/mol. The molecule has 19 heavy (non-hydrogen) atoms. The van der Waals surface area contributed by atoms with Crippen molar-refractivity contribution in [3.63, 3.8) is 0 Å². The summed E-state index contributed by atoms with van der Waals surface area (Å²) in [6.07, 6.45) is 0. The number of halogens is 3. The molecule has 1 aromatic heterocycles. The molecule has 2 nitrogen and oxygen atoms in total. The van der Waals surface area contributed by atoms with Gasteiger partial charge in [0, 0.05) is 16.8 Å². The van der Waals surface area contributed by atoms with Gasteiger partial charge in [-0.25, -0.2) is 4.39 Å². The minimum Gasteiger partial charge on any atom is -0.330 e. The van der Waals surface area contributed by atoms with Crippen LogP contribution in [0.15, 0.2) is 36.4 Å². The lowest BCUT2D eigenvalue weighted by molar-refractivity contribution is 0.622. The number of benzene rings is 2. The third-order valence-electron chi connectivity index (χ3n) is 2.81. The molecule has 0 spiro atoms. The predicted molar refractivity (Wildman–Crippen MR) is 86.1 cm³/mol. The molecular formula is C13H7ClFIN2S. The average molecular weight is 405 g/mol. The first-order chi connectivity index (χ1) is 9.06. The Morgan fingerprint density at radius 1 is 1.21 bits per heavy atom.